The van der Waals surface area contributed by atoms with Gasteiger partial charge in [0, 0.05) is 29.6 Å². The molecule has 3 nitrogen and oxygen atoms in total. The van der Waals surface area contributed by atoms with Gasteiger partial charge in [-0.25, -0.2) is 0 Å². The number of rotatable bonds is 2. The molecule has 0 radical (unpaired) electrons. The van der Waals surface area contributed by atoms with E-state index in [0.717, 1.165) is 37.3 Å². The highest BCUT2D eigenvalue weighted by Crippen LogP contribution is 2.51. The van der Waals surface area contributed by atoms with Crippen LogP contribution in [-0.2, 0) is 10.2 Å². The third-order valence-electron chi connectivity index (χ3n) is 8.59. The van der Waals surface area contributed by atoms with Gasteiger partial charge in [0.25, 0.3) is 0 Å². The van der Waals surface area contributed by atoms with Crippen LogP contribution in [0.5, 0.6) is 0 Å². The fraction of sp³-hybridized carbons (Fsp3) is 0.708. The zero-order valence-corrected chi connectivity index (χ0v) is 16.6. The second kappa shape index (κ2) is 5.83. The molecule has 27 heavy (non-hydrogen) atoms. The Kier molecular flexibility index (Phi) is 3.58. The summed E-state index contributed by atoms with van der Waals surface area (Å²) in [5, 5.41) is 0. The van der Waals surface area contributed by atoms with Gasteiger partial charge in [0.15, 0.2) is 0 Å². The number of aryl methyl sites for hydroxylation is 1. The van der Waals surface area contributed by atoms with Gasteiger partial charge in [-0.2, -0.15) is 0 Å². The molecule has 1 spiro atoms. The standard InChI is InChI=1S/C24H32N2O/c1-16-2-7-21-20(12-16)24(15-26(21)23(27)18-5-6-18)8-10-25(11-9-24)22-14-17-3-4-19(22)13-17/h2,7,12,17-19,22H,3-6,8-11,13-15H2,1H3. The van der Waals surface area contributed by atoms with Gasteiger partial charge in [-0.15, -0.1) is 0 Å². The largest absolute Gasteiger partial charge is 0.311 e. The van der Waals surface area contributed by atoms with Crippen LogP contribution >= 0.6 is 0 Å². The Morgan fingerprint density at radius 3 is 2.56 bits per heavy atom. The third kappa shape index (κ3) is 2.53. The average molecular weight is 365 g/mol. The normalized spacial score (nSPS) is 34.4. The lowest BCUT2D eigenvalue weighted by Crippen LogP contribution is -2.50. The van der Waals surface area contributed by atoms with Crippen molar-refractivity contribution in [2.75, 3.05) is 24.5 Å². The topological polar surface area (TPSA) is 23.6 Å². The maximum atomic E-state index is 13.0. The molecule has 0 aromatic heterocycles. The Hall–Kier alpha value is -1.35. The van der Waals surface area contributed by atoms with Crippen molar-refractivity contribution in [2.24, 2.45) is 17.8 Å². The Labute approximate surface area is 163 Å². The predicted molar refractivity (Wildman–Crippen MR) is 108 cm³/mol. The van der Waals surface area contributed by atoms with Crippen LogP contribution in [0, 0.1) is 24.7 Å². The molecule has 1 amide bonds. The quantitative estimate of drug-likeness (QED) is 0.782. The molecule has 2 aliphatic heterocycles. The molecule has 2 bridgehead atoms. The summed E-state index contributed by atoms with van der Waals surface area (Å²) in [6, 6.07) is 7.67. The molecule has 3 heteroatoms. The van der Waals surface area contributed by atoms with Crippen molar-refractivity contribution in [3.8, 4) is 0 Å². The van der Waals surface area contributed by atoms with Crippen LogP contribution in [-0.4, -0.2) is 36.5 Å². The van der Waals surface area contributed by atoms with Crippen LogP contribution < -0.4 is 4.90 Å². The Morgan fingerprint density at radius 2 is 1.89 bits per heavy atom. The predicted octanol–water partition coefficient (Wildman–Crippen LogP) is 4.27. The number of nitrogens with zero attached hydrogens (tertiary/aromatic N) is 2. The van der Waals surface area contributed by atoms with Crippen LogP contribution in [0.1, 0.15) is 62.5 Å². The molecule has 144 valence electrons. The van der Waals surface area contributed by atoms with E-state index < -0.39 is 0 Å². The van der Waals surface area contributed by atoms with Crippen molar-refractivity contribution in [3.05, 3.63) is 29.3 Å². The van der Waals surface area contributed by atoms with Gasteiger partial charge in [-0.1, -0.05) is 24.1 Å². The molecule has 1 aromatic rings. The molecule has 2 heterocycles. The molecule has 1 aromatic carbocycles. The Balaban J connectivity index is 1.26. The number of anilines is 1. The molecular weight excluding hydrogens is 332 g/mol. The first-order chi connectivity index (χ1) is 13.1. The summed E-state index contributed by atoms with van der Waals surface area (Å²) in [4.78, 5) is 18.0. The number of hydrogen-bond donors (Lipinski definition) is 0. The fourth-order valence-corrected chi connectivity index (χ4v) is 6.90. The van der Waals surface area contributed by atoms with Crippen LogP contribution in [0.25, 0.3) is 0 Å². The second-order valence-electron chi connectivity index (χ2n) is 10.3. The first-order valence-corrected chi connectivity index (χ1v) is 11.3. The number of piperidine rings is 1. The van der Waals surface area contributed by atoms with Gasteiger partial charge in [0.1, 0.15) is 0 Å². The van der Waals surface area contributed by atoms with Crippen LogP contribution in [0.2, 0.25) is 0 Å². The highest BCUT2D eigenvalue weighted by molar-refractivity contribution is 5.99. The SMILES string of the molecule is Cc1ccc2c(c1)C1(CCN(C3CC4CCC3C4)CC1)CN2C(=O)C1CC1. The number of carbonyl (C=O) groups excluding carboxylic acids is 1. The van der Waals surface area contributed by atoms with Gasteiger partial charge in [-0.05, 0) is 88.4 Å². The summed E-state index contributed by atoms with van der Waals surface area (Å²) < 4.78 is 0. The third-order valence-corrected chi connectivity index (χ3v) is 8.59. The van der Waals surface area contributed by atoms with Gasteiger partial charge in [0.05, 0.1) is 0 Å². The molecule has 3 saturated carbocycles. The van der Waals surface area contributed by atoms with Gasteiger partial charge >= 0.3 is 0 Å². The van der Waals surface area contributed by atoms with Crippen molar-refractivity contribution >= 4 is 11.6 Å². The van der Waals surface area contributed by atoms with E-state index in [2.05, 4.69) is 34.9 Å². The minimum absolute atomic E-state index is 0.208. The van der Waals surface area contributed by atoms with Crippen molar-refractivity contribution in [3.63, 3.8) is 0 Å². The first kappa shape index (κ1) is 16.6. The van der Waals surface area contributed by atoms with Crippen molar-refractivity contribution in [1.82, 2.24) is 4.90 Å². The van der Waals surface area contributed by atoms with Gasteiger partial charge in [-0.3, -0.25) is 4.79 Å². The maximum absolute atomic E-state index is 13.0. The summed E-state index contributed by atoms with van der Waals surface area (Å²) in [6.45, 7) is 5.59. The number of benzene rings is 1. The lowest BCUT2D eigenvalue weighted by molar-refractivity contribution is -0.119. The smallest absolute Gasteiger partial charge is 0.230 e. The minimum Gasteiger partial charge on any atom is -0.311 e. The van der Waals surface area contributed by atoms with Crippen LogP contribution in [0.3, 0.4) is 0 Å². The lowest BCUT2D eigenvalue weighted by atomic mass is 9.73. The van der Waals surface area contributed by atoms with Gasteiger partial charge < -0.3 is 9.80 Å². The van der Waals surface area contributed by atoms with E-state index in [9.17, 15) is 4.79 Å². The van der Waals surface area contributed by atoms with E-state index in [-0.39, 0.29) is 5.41 Å². The molecule has 3 unspecified atom stereocenters. The zero-order chi connectivity index (χ0) is 18.2. The summed E-state index contributed by atoms with van der Waals surface area (Å²) >= 11 is 0. The van der Waals surface area contributed by atoms with E-state index in [1.165, 1.54) is 68.4 Å². The number of fused-ring (bicyclic) bond motifs is 4. The fourth-order valence-electron chi connectivity index (χ4n) is 6.90. The Morgan fingerprint density at radius 1 is 1.07 bits per heavy atom. The number of hydrogen-bond acceptors (Lipinski definition) is 2. The first-order valence-electron chi connectivity index (χ1n) is 11.3. The number of carbonyl (C=O) groups is 1. The molecule has 0 N–H and O–H groups in total. The van der Waals surface area contributed by atoms with E-state index in [1.54, 1.807) is 0 Å². The average Bonchev–Trinajstić information content (AvgIpc) is 3.21. The molecule has 6 rings (SSSR count). The maximum Gasteiger partial charge on any atom is 0.230 e. The summed E-state index contributed by atoms with van der Waals surface area (Å²) in [5.74, 6) is 2.71. The lowest BCUT2D eigenvalue weighted by Gasteiger charge is -2.44. The highest BCUT2D eigenvalue weighted by Gasteiger charge is 2.50. The van der Waals surface area contributed by atoms with E-state index >= 15 is 0 Å². The molecular formula is C24H32N2O. The molecule has 3 atom stereocenters. The summed E-state index contributed by atoms with van der Waals surface area (Å²) in [6.07, 6.45) is 10.6. The van der Waals surface area contributed by atoms with E-state index in [1.807, 2.05) is 0 Å². The van der Waals surface area contributed by atoms with Crippen molar-refractivity contribution < 1.29 is 4.79 Å². The molecule has 4 fully saturated rings. The highest BCUT2D eigenvalue weighted by atomic mass is 16.2. The van der Waals surface area contributed by atoms with Gasteiger partial charge in [0.2, 0.25) is 5.91 Å². The van der Waals surface area contributed by atoms with Crippen molar-refractivity contribution in [1.29, 1.82) is 0 Å². The monoisotopic (exact) mass is 364 g/mol. The van der Waals surface area contributed by atoms with Crippen LogP contribution in [0.15, 0.2) is 18.2 Å². The number of amides is 1. The minimum atomic E-state index is 0.208. The number of likely N-dealkylation sites (tertiary alicyclic amines) is 1. The zero-order valence-electron chi connectivity index (χ0n) is 16.6. The second-order valence-corrected chi connectivity index (χ2v) is 10.3. The molecule has 3 aliphatic carbocycles. The summed E-state index contributed by atoms with van der Waals surface area (Å²) in [5.41, 5.74) is 4.25. The molecule has 5 aliphatic rings. The van der Waals surface area contributed by atoms with E-state index in [0.29, 0.717) is 11.8 Å². The molecule has 1 saturated heterocycles. The van der Waals surface area contributed by atoms with E-state index in [4.69, 9.17) is 0 Å². The summed E-state index contributed by atoms with van der Waals surface area (Å²) in [7, 11) is 0. The van der Waals surface area contributed by atoms with Crippen molar-refractivity contribution in [2.45, 2.75) is 69.7 Å². The van der Waals surface area contributed by atoms with Crippen LogP contribution in [0.4, 0.5) is 5.69 Å². The Bertz CT molecular complexity index is 775.